The summed E-state index contributed by atoms with van der Waals surface area (Å²) in [7, 11) is 1.40. The van der Waals surface area contributed by atoms with Crippen LogP contribution in [0.25, 0.3) is 0 Å². The molecule has 0 radical (unpaired) electrons. The van der Waals surface area contributed by atoms with Crippen molar-refractivity contribution in [1.82, 2.24) is 9.80 Å². The third kappa shape index (κ3) is 6.04. The standard InChI is InChI=1S/C23H28N4O5/c1-17-5-3-4-6-18(17)15-23(29)26-13-11-25(12-14-26)10-9-22(28)24-20-8-7-19(27(30)31)16-21(20)32-2/h3-8,16H,9-15H2,1-2H3,(H,24,28). The minimum absolute atomic E-state index is 0.102. The molecule has 0 saturated carbocycles. The molecular weight excluding hydrogens is 412 g/mol. The van der Waals surface area contributed by atoms with Crippen molar-refractivity contribution in [2.45, 2.75) is 19.8 Å². The summed E-state index contributed by atoms with van der Waals surface area (Å²) in [6, 6.07) is 12.0. The predicted molar refractivity (Wildman–Crippen MR) is 121 cm³/mol. The van der Waals surface area contributed by atoms with E-state index in [4.69, 9.17) is 4.74 Å². The van der Waals surface area contributed by atoms with Gasteiger partial charge in [0.05, 0.1) is 30.2 Å². The van der Waals surface area contributed by atoms with Gasteiger partial charge in [0.1, 0.15) is 5.75 Å². The topological polar surface area (TPSA) is 105 Å². The van der Waals surface area contributed by atoms with Gasteiger partial charge in [-0.3, -0.25) is 24.6 Å². The van der Waals surface area contributed by atoms with Gasteiger partial charge >= 0.3 is 0 Å². The van der Waals surface area contributed by atoms with Gasteiger partial charge in [-0.05, 0) is 24.1 Å². The number of anilines is 1. The molecule has 0 unspecified atom stereocenters. The van der Waals surface area contributed by atoms with Gasteiger partial charge in [-0.25, -0.2) is 0 Å². The van der Waals surface area contributed by atoms with E-state index in [0.717, 1.165) is 11.1 Å². The number of carbonyl (C=O) groups is 2. The molecule has 1 aliphatic rings. The van der Waals surface area contributed by atoms with Crippen LogP contribution in [-0.2, 0) is 16.0 Å². The van der Waals surface area contributed by atoms with Crippen molar-refractivity contribution < 1.29 is 19.2 Å². The summed E-state index contributed by atoms with van der Waals surface area (Å²) in [5.41, 5.74) is 2.47. The number of non-ortho nitro benzene ring substituents is 1. The van der Waals surface area contributed by atoms with Gasteiger partial charge in [0.2, 0.25) is 11.8 Å². The van der Waals surface area contributed by atoms with Crippen LogP contribution < -0.4 is 10.1 Å². The fraction of sp³-hybridized carbons (Fsp3) is 0.391. The lowest BCUT2D eigenvalue weighted by molar-refractivity contribution is -0.384. The van der Waals surface area contributed by atoms with E-state index in [1.54, 1.807) is 0 Å². The van der Waals surface area contributed by atoms with Crippen molar-refractivity contribution >= 4 is 23.2 Å². The number of piperazine rings is 1. The first-order chi connectivity index (χ1) is 15.4. The Morgan fingerprint density at radius 1 is 1.12 bits per heavy atom. The van der Waals surface area contributed by atoms with Crippen LogP contribution in [0.5, 0.6) is 5.75 Å². The first-order valence-corrected chi connectivity index (χ1v) is 10.5. The zero-order valence-corrected chi connectivity index (χ0v) is 18.4. The number of benzene rings is 2. The highest BCUT2D eigenvalue weighted by Gasteiger charge is 2.22. The maximum atomic E-state index is 12.6. The van der Waals surface area contributed by atoms with Gasteiger partial charge in [-0.15, -0.1) is 0 Å². The molecule has 0 bridgehead atoms. The molecule has 9 nitrogen and oxygen atoms in total. The second-order valence-electron chi connectivity index (χ2n) is 7.77. The maximum Gasteiger partial charge on any atom is 0.273 e. The minimum atomic E-state index is -0.514. The second-order valence-corrected chi connectivity index (χ2v) is 7.77. The van der Waals surface area contributed by atoms with E-state index in [2.05, 4.69) is 10.2 Å². The van der Waals surface area contributed by atoms with Crippen LogP contribution in [0.2, 0.25) is 0 Å². The number of carbonyl (C=O) groups excluding carboxylic acids is 2. The van der Waals surface area contributed by atoms with E-state index < -0.39 is 4.92 Å². The first kappa shape index (κ1) is 23.2. The van der Waals surface area contributed by atoms with E-state index in [1.165, 1.54) is 25.3 Å². The Hall–Kier alpha value is -3.46. The fourth-order valence-electron chi connectivity index (χ4n) is 3.67. The summed E-state index contributed by atoms with van der Waals surface area (Å²) >= 11 is 0. The van der Waals surface area contributed by atoms with Crippen LogP contribution in [0.1, 0.15) is 17.5 Å². The molecule has 3 rings (SSSR count). The lowest BCUT2D eigenvalue weighted by Crippen LogP contribution is -2.49. The Kier molecular flexibility index (Phi) is 7.77. The highest BCUT2D eigenvalue weighted by Crippen LogP contribution is 2.29. The molecule has 170 valence electrons. The lowest BCUT2D eigenvalue weighted by atomic mass is 10.1. The predicted octanol–water partition coefficient (Wildman–Crippen LogP) is 2.63. The quantitative estimate of drug-likeness (QED) is 0.500. The van der Waals surface area contributed by atoms with Crippen LogP contribution in [0.3, 0.4) is 0 Å². The van der Waals surface area contributed by atoms with Crippen molar-refractivity contribution in [3.8, 4) is 5.75 Å². The monoisotopic (exact) mass is 440 g/mol. The van der Waals surface area contributed by atoms with Gasteiger partial charge in [0, 0.05) is 45.2 Å². The van der Waals surface area contributed by atoms with Crippen molar-refractivity contribution in [2.24, 2.45) is 0 Å². The summed E-state index contributed by atoms with van der Waals surface area (Å²) in [4.78, 5) is 39.4. The van der Waals surface area contributed by atoms with Gasteiger partial charge < -0.3 is 15.0 Å². The number of amides is 2. The molecule has 2 aromatic carbocycles. The van der Waals surface area contributed by atoms with Crippen molar-refractivity contribution in [1.29, 1.82) is 0 Å². The summed E-state index contributed by atoms with van der Waals surface area (Å²) in [6.07, 6.45) is 0.684. The molecule has 1 heterocycles. The number of methoxy groups -OCH3 is 1. The molecule has 2 aromatic rings. The van der Waals surface area contributed by atoms with Crippen molar-refractivity contribution in [3.05, 3.63) is 63.7 Å². The first-order valence-electron chi connectivity index (χ1n) is 10.5. The summed E-state index contributed by atoms with van der Waals surface area (Å²) in [5, 5.41) is 13.6. The van der Waals surface area contributed by atoms with Crippen LogP contribution >= 0.6 is 0 Å². The number of hydrogen-bond donors (Lipinski definition) is 1. The molecule has 0 aliphatic carbocycles. The molecular formula is C23H28N4O5. The Balaban J connectivity index is 1.44. The summed E-state index contributed by atoms with van der Waals surface area (Å²) < 4.78 is 5.15. The van der Waals surface area contributed by atoms with Crippen molar-refractivity contribution in [3.63, 3.8) is 0 Å². The second kappa shape index (κ2) is 10.7. The molecule has 0 spiro atoms. The third-order valence-electron chi connectivity index (χ3n) is 5.65. The molecule has 2 amide bonds. The summed E-state index contributed by atoms with van der Waals surface area (Å²) in [5.74, 6) is 0.172. The third-order valence-corrected chi connectivity index (χ3v) is 5.65. The molecule has 1 N–H and O–H groups in total. The Labute approximate surface area is 187 Å². The van der Waals surface area contributed by atoms with Gasteiger partial charge in [-0.1, -0.05) is 24.3 Å². The molecule has 0 aromatic heterocycles. The number of nitrogens with one attached hydrogen (secondary N) is 1. The normalized spacial score (nSPS) is 14.1. The number of rotatable bonds is 8. The smallest absolute Gasteiger partial charge is 0.273 e. The van der Waals surface area contributed by atoms with Gasteiger partial charge in [0.15, 0.2) is 0 Å². The van der Waals surface area contributed by atoms with E-state index in [0.29, 0.717) is 44.8 Å². The average molecular weight is 441 g/mol. The van der Waals surface area contributed by atoms with Crippen molar-refractivity contribution in [2.75, 3.05) is 45.2 Å². The number of nitro benzene ring substituents is 1. The minimum Gasteiger partial charge on any atom is -0.494 e. The molecule has 0 atom stereocenters. The Bertz CT molecular complexity index is 986. The number of hydrogen-bond acceptors (Lipinski definition) is 6. The van der Waals surface area contributed by atoms with E-state index in [-0.39, 0.29) is 29.7 Å². The van der Waals surface area contributed by atoms with Crippen LogP contribution in [0, 0.1) is 17.0 Å². The SMILES string of the molecule is COc1cc([N+](=O)[O-])ccc1NC(=O)CCN1CCN(C(=O)Cc2ccccc2C)CC1. The highest BCUT2D eigenvalue weighted by atomic mass is 16.6. The van der Waals surface area contributed by atoms with E-state index in [9.17, 15) is 19.7 Å². The van der Waals surface area contributed by atoms with E-state index >= 15 is 0 Å². The molecule has 9 heteroatoms. The van der Waals surface area contributed by atoms with Crippen LogP contribution in [-0.4, -0.2) is 66.4 Å². The van der Waals surface area contributed by atoms with Gasteiger partial charge in [-0.2, -0.15) is 0 Å². The highest BCUT2D eigenvalue weighted by molar-refractivity contribution is 5.92. The average Bonchev–Trinajstić information content (AvgIpc) is 2.79. The molecule has 1 fully saturated rings. The molecule has 1 saturated heterocycles. The lowest BCUT2D eigenvalue weighted by Gasteiger charge is -2.34. The Morgan fingerprint density at radius 2 is 1.84 bits per heavy atom. The number of ether oxygens (including phenoxy) is 1. The van der Waals surface area contributed by atoms with E-state index in [1.807, 2.05) is 36.1 Å². The zero-order valence-electron chi connectivity index (χ0n) is 18.4. The number of nitro groups is 1. The molecule has 32 heavy (non-hydrogen) atoms. The summed E-state index contributed by atoms with van der Waals surface area (Å²) in [6.45, 7) is 5.30. The fourth-order valence-corrected chi connectivity index (χ4v) is 3.67. The maximum absolute atomic E-state index is 12.6. The van der Waals surface area contributed by atoms with Crippen LogP contribution in [0.4, 0.5) is 11.4 Å². The molecule has 1 aliphatic heterocycles. The number of nitrogens with zero attached hydrogens (tertiary/aromatic N) is 3. The largest absolute Gasteiger partial charge is 0.494 e. The zero-order chi connectivity index (χ0) is 23.1. The number of aryl methyl sites for hydroxylation is 1. The van der Waals surface area contributed by atoms with Gasteiger partial charge in [0.25, 0.3) is 5.69 Å². The Morgan fingerprint density at radius 3 is 2.50 bits per heavy atom. The van der Waals surface area contributed by atoms with Crippen LogP contribution in [0.15, 0.2) is 42.5 Å².